The molecule has 0 heterocycles. The van der Waals surface area contributed by atoms with E-state index in [2.05, 4.69) is 0 Å². The maximum atomic E-state index is 12.9. The summed E-state index contributed by atoms with van der Waals surface area (Å²) in [5, 5.41) is 18.3. The van der Waals surface area contributed by atoms with Gasteiger partial charge in [-0.2, -0.15) is 13.2 Å². The largest absolute Gasteiger partial charge is 0.488 e. The van der Waals surface area contributed by atoms with E-state index in [1.807, 2.05) is 0 Å². The van der Waals surface area contributed by atoms with Gasteiger partial charge < -0.3 is 10.0 Å². The van der Waals surface area contributed by atoms with Crippen molar-refractivity contribution in [3.63, 3.8) is 0 Å². The molecule has 0 unspecified atom stereocenters. The van der Waals surface area contributed by atoms with Gasteiger partial charge in [0.1, 0.15) is 0 Å². The van der Waals surface area contributed by atoms with E-state index in [-0.39, 0.29) is 11.0 Å². The van der Waals surface area contributed by atoms with Crippen molar-refractivity contribution in [3.8, 4) is 0 Å². The molecule has 0 radical (unpaired) electrons. The van der Waals surface area contributed by atoms with E-state index in [4.69, 9.17) is 10.0 Å². The summed E-state index contributed by atoms with van der Waals surface area (Å²) in [4.78, 5) is 0. The highest BCUT2D eigenvalue weighted by Gasteiger charge is 2.38. The van der Waals surface area contributed by atoms with E-state index in [0.29, 0.717) is 0 Å². The smallest absolute Gasteiger partial charge is 0.423 e. The lowest BCUT2D eigenvalue weighted by atomic mass is 9.68. The van der Waals surface area contributed by atoms with Gasteiger partial charge in [0.25, 0.3) is 0 Å². The Balaban J connectivity index is 3.58. The Bertz CT molecular complexity index is 408. The Morgan fingerprint density at radius 3 is 1.94 bits per heavy atom. The fourth-order valence-corrected chi connectivity index (χ4v) is 1.86. The van der Waals surface area contributed by atoms with Crippen LogP contribution in [0.5, 0.6) is 0 Å². The molecule has 0 saturated heterocycles. The molecule has 0 saturated carbocycles. The Hall–Kier alpha value is -1.01. The van der Waals surface area contributed by atoms with Crippen LogP contribution in [0.1, 0.15) is 31.9 Å². The minimum atomic E-state index is -4.51. The normalized spacial score (nSPS) is 12.7. The molecule has 0 aliphatic carbocycles. The summed E-state index contributed by atoms with van der Waals surface area (Å²) in [6.07, 6.45) is -4.51. The highest BCUT2D eigenvalue weighted by Crippen LogP contribution is 2.36. The first-order chi connectivity index (χ1) is 7.55. The lowest BCUT2D eigenvalue weighted by Crippen LogP contribution is -2.39. The molecule has 0 atom stereocenters. The average molecular weight is 246 g/mol. The minimum Gasteiger partial charge on any atom is -0.423 e. The van der Waals surface area contributed by atoms with Crippen LogP contribution < -0.4 is 5.46 Å². The summed E-state index contributed by atoms with van der Waals surface area (Å²) in [6.45, 7) is 4.80. The molecule has 2 nitrogen and oxygen atoms in total. The SMILES string of the molecule is CC(C)(C)c1c(B(O)O)cccc1C(F)(F)F. The summed E-state index contributed by atoms with van der Waals surface area (Å²) in [5.41, 5.74) is -1.84. The van der Waals surface area contributed by atoms with Crippen molar-refractivity contribution < 1.29 is 23.2 Å². The molecule has 0 aliphatic heterocycles. The predicted octanol–water partition coefficient (Wildman–Crippen LogP) is 1.68. The third kappa shape index (κ3) is 3.01. The van der Waals surface area contributed by atoms with Gasteiger partial charge in [-0.05, 0) is 22.5 Å². The third-order valence-corrected chi connectivity index (χ3v) is 2.43. The molecule has 1 aromatic carbocycles. The number of hydrogen-bond acceptors (Lipinski definition) is 2. The first-order valence-electron chi connectivity index (χ1n) is 5.12. The van der Waals surface area contributed by atoms with Gasteiger partial charge in [-0.3, -0.25) is 0 Å². The maximum absolute atomic E-state index is 12.9. The van der Waals surface area contributed by atoms with E-state index in [1.165, 1.54) is 12.1 Å². The monoisotopic (exact) mass is 246 g/mol. The molecule has 0 aromatic heterocycles. The molecule has 1 rings (SSSR count). The summed E-state index contributed by atoms with van der Waals surface area (Å²) in [7, 11) is -1.91. The second-order valence-corrected chi connectivity index (χ2v) is 4.89. The Kier molecular flexibility index (Phi) is 3.59. The molecule has 1 aromatic rings. The average Bonchev–Trinajstić information content (AvgIpc) is 2.13. The van der Waals surface area contributed by atoms with Crippen molar-refractivity contribution in [2.45, 2.75) is 32.4 Å². The van der Waals surface area contributed by atoms with Crippen molar-refractivity contribution >= 4 is 12.6 Å². The van der Waals surface area contributed by atoms with E-state index < -0.39 is 24.3 Å². The van der Waals surface area contributed by atoms with Gasteiger partial charge in [0.2, 0.25) is 0 Å². The van der Waals surface area contributed by atoms with Crippen molar-refractivity contribution in [3.05, 3.63) is 29.3 Å². The van der Waals surface area contributed by atoms with E-state index in [1.54, 1.807) is 20.8 Å². The van der Waals surface area contributed by atoms with Gasteiger partial charge >= 0.3 is 13.3 Å². The second kappa shape index (κ2) is 4.35. The molecular weight excluding hydrogens is 232 g/mol. The molecule has 0 spiro atoms. The molecule has 0 bridgehead atoms. The second-order valence-electron chi connectivity index (χ2n) is 4.89. The number of hydrogen-bond donors (Lipinski definition) is 2. The van der Waals surface area contributed by atoms with Gasteiger partial charge in [-0.1, -0.05) is 32.9 Å². The quantitative estimate of drug-likeness (QED) is 0.740. The highest BCUT2D eigenvalue weighted by molar-refractivity contribution is 6.59. The van der Waals surface area contributed by atoms with Crippen LogP contribution in [0.3, 0.4) is 0 Å². The maximum Gasteiger partial charge on any atom is 0.488 e. The number of benzene rings is 1. The predicted molar refractivity (Wildman–Crippen MR) is 60.0 cm³/mol. The molecule has 6 heteroatoms. The van der Waals surface area contributed by atoms with Crippen LogP contribution in [0.4, 0.5) is 13.2 Å². The summed E-state index contributed by atoms with van der Waals surface area (Å²) in [5.74, 6) is 0. The van der Waals surface area contributed by atoms with E-state index >= 15 is 0 Å². The lowest BCUT2D eigenvalue weighted by Gasteiger charge is -2.27. The van der Waals surface area contributed by atoms with Crippen LogP contribution in [0, 0.1) is 0 Å². The van der Waals surface area contributed by atoms with Crippen molar-refractivity contribution in [2.75, 3.05) is 0 Å². The molecule has 0 fully saturated rings. The van der Waals surface area contributed by atoms with Crippen molar-refractivity contribution in [2.24, 2.45) is 0 Å². The molecule has 94 valence electrons. The summed E-state index contributed by atoms with van der Waals surface area (Å²) in [6, 6.07) is 3.42. The minimum absolute atomic E-state index is 0.0810. The van der Waals surface area contributed by atoms with Crippen LogP contribution in [0.25, 0.3) is 0 Å². The number of rotatable bonds is 1. The molecular formula is C11H14BF3O2. The van der Waals surface area contributed by atoms with Crippen molar-refractivity contribution in [1.29, 1.82) is 0 Å². The zero-order valence-corrected chi connectivity index (χ0v) is 9.84. The zero-order valence-electron chi connectivity index (χ0n) is 9.84. The Labute approximate surface area is 98.2 Å². The zero-order chi connectivity index (χ0) is 13.4. The fraction of sp³-hybridized carbons (Fsp3) is 0.455. The van der Waals surface area contributed by atoms with Crippen LogP contribution >= 0.6 is 0 Å². The third-order valence-electron chi connectivity index (χ3n) is 2.43. The van der Waals surface area contributed by atoms with Gasteiger partial charge in [0, 0.05) is 0 Å². The van der Waals surface area contributed by atoms with Gasteiger partial charge in [0.15, 0.2) is 0 Å². The molecule has 2 N–H and O–H groups in total. The van der Waals surface area contributed by atoms with Crippen molar-refractivity contribution in [1.82, 2.24) is 0 Å². The summed E-state index contributed by atoms with van der Waals surface area (Å²) < 4.78 is 38.6. The van der Waals surface area contributed by atoms with Crippen LogP contribution in [-0.2, 0) is 11.6 Å². The van der Waals surface area contributed by atoms with E-state index in [0.717, 1.165) is 6.07 Å². The number of halogens is 3. The lowest BCUT2D eigenvalue weighted by molar-refractivity contribution is -0.138. The van der Waals surface area contributed by atoms with Gasteiger partial charge in [0.05, 0.1) is 5.56 Å². The topological polar surface area (TPSA) is 40.5 Å². The van der Waals surface area contributed by atoms with Crippen LogP contribution in [-0.4, -0.2) is 17.2 Å². The van der Waals surface area contributed by atoms with Gasteiger partial charge in [-0.25, -0.2) is 0 Å². The first-order valence-corrected chi connectivity index (χ1v) is 5.12. The molecule has 0 amide bonds. The first kappa shape index (κ1) is 14.1. The van der Waals surface area contributed by atoms with Crippen LogP contribution in [0.2, 0.25) is 0 Å². The Morgan fingerprint density at radius 1 is 1.06 bits per heavy atom. The number of alkyl halides is 3. The Morgan fingerprint density at radius 2 is 1.59 bits per heavy atom. The highest BCUT2D eigenvalue weighted by atomic mass is 19.4. The van der Waals surface area contributed by atoms with E-state index in [9.17, 15) is 13.2 Å². The fourth-order valence-electron chi connectivity index (χ4n) is 1.86. The van der Waals surface area contributed by atoms with Gasteiger partial charge in [-0.15, -0.1) is 0 Å². The standard InChI is InChI=1S/C11H14BF3O2/c1-10(2,3)9-7(11(13,14)15)5-4-6-8(9)12(16)17/h4-6,16-17H,1-3H3. The molecule has 0 aliphatic rings. The molecule has 17 heavy (non-hydrogen) atoms. The van der Waals surface area contributed by atoms with Crippen LogP contribution in [0.15, 0.2) is 18.2 Å². The summed E-state index contributed by atoms with van der Waals surface area (Å²) >= 11 is 0.